The molecule has 2 rings (SSSR count). The molecule has 98 valence electrons. The van der Waals surface area contributed by atoms with E-state index in [1.807, 2.05) is 7.11 Å². The van der Waals surface area contributed by atoms with Crippen LogP contribution in [0, 0.1) is 0 Å². The van der Waals surface area contributed by atoms with Gasteiger partial charge in [-0.1, -0.05) is 5.57 Å². The summed E-state index contributed by atoms with van der Waals surface area (Å²) in [5.41, 5.74) is 1.86. The fourth-order valence-corrected chi connectivity index (χ4v) is 2.78. The normalized spacial score (nSPS) is 29.2. The Morgan fingerprint density at radius 3 is 2.65 bits per heavy atom. The number of piperazine rings is 1. The van der Waals surface area contributed by atoms with Gasteiger partial charge >= 0.3 is 0 Å². The predicted molar refractivity (Wildman–Crippen MR) is 71.0 cm³/mol. The summed E-state index contributed by atoms with van der Waals surface area (Å²) in [5, 5.41) is 3.47. The number of hydrogen-bond donors (Lipinski definition) is 1. The van der Waals surface area contributed by atoms with Gasteiger partial charge in [0.1, 0.15) is 0 Å². The van der Waals surface area contributed by atoms with Crippen LogP contribution in [0.2, 0.25) is 0 Å². The van der Waals surface area contributed by atoms with Gasteiger partial charge < -0.3 is 15.0 Å². The molecule has 3 heteroatoms. The van der Waals surface area contributed by atoms with Gasteiger partial charge in [0.05, 0.1) is 6.10 Å². The Morgan fingerprint density at radius 1 is 1.35 bits per heavy atom. The zero-order chi connectivity index (χ0) is 12.3. The van der Waals surface area contributed by atoms with Crippen molar-refractivity contribution < 1.29 is 4.74 Å². The van der Waals surface area contributed by atoms with Crippen molar-refractivity contribution in [1.29, 1.82) is 0 Å². The molecule has 0 aromatic heterocycles. The molecule has 0 bridgehead atoms. The van der Waals surface area contributed by atoms with Crippen LogP contribution in [0.5, 0.6) is 0 Å². The Kier molecular flexibility index (Phi) is 4.10. The quantitative estimate of drug-likeness (QED) is 0.798. The molecule has 0 aromatic rings. The van der Waals surface area contributed by atoms with Crippen molar-refractivity contribution in [1.82, 2.24) is 10.2 Å². The van der Waals surface area contributed by atoms with Crippen LogP contribution < -0.4 is 5.32 Å². The Balaban J connectivity index is 1.95. The average molecular weight is 238 g/mol. The molecule has 1 aliphatic carbocycles. The van der Waals surface area contributed by atoms with E-state index in [4.69, 9.17) is 4.74 Å². The van der Waals surface area contributed by atoms with E-state index in [2.05, 4.69) is 30.3 Å². The van der Waals surface area contributed by atoms with Gasteiger partial charge in [0.25, 0.3) is 0 Å². The molecule has 0 aromatic carbocycles. The zero-order valence-corrected chi connectivity index (χ0v) is 11.5. The van der Waals surface area contributed by atoms with Crippen LogP contribution in [0.25, 0.3) is 0 Å². The minimum absolute atomic E-state index is 0.253. The summed E-state index contributed by atoms with van der Waals surface area (Å²) in [7, 11) is 1.83. The number of nitrogens with zero attached hydrogens (tertiary/aromatic N) is 1. The molecule has 0 amide bonds. The van der Waals surface area contributed by atoms with Crippen LogP contribution >= 0.6 is 0 Å². The molecular weight excluding hydrogens is 212 g/mol. The van der Waals surface area contributed by atoms with Crippen LogP contribution in [-0.2, 0) is 4.74 Å². The molecule has 1 saturated carbocycles. The highest BCUT2D eigenvalue weighted by Crippen LogP contribution is 2.27. The topological polar surface area (TPSA) is 24.5 Å². The maximum absolute atomic E-state index is 5.42. The van der Waals surface area contributed by atoms with E-state index in [0.29, 0.717) is 6.10 Å². The molecule has 0 radical (unpaired) electrons. The Morgan fingerprint density at radius 2 is 2.06 bits per heavy atom. The molecule has 1 saturated heterocycles. The first kappa shape index (κ1) is 12.9. The molecule has 0 spiro atoms. The second-order valence-electron chi connectivity index (χ2n) is 5.91. The van der Waals surface area contributed by atoms with Crippen molar-refractivity contribution >= 4 is 0 Å². The minimum Gasteiger partial charge on any atom is -0.381 e. The van der Waals surface area contributed by atoms with Crippen LogP contribution in [0.3, 0.4) is 0 Å². The molecule has 1 aliphatic heterocycles. The molecule has 1 heterocycles. The fraction of sp³-hybridized carbons (Fsp3) is 0.857. The van der Waals surface area contributed by atoms with Crippen molar-refractivity contribution in [3.63, 3.8) is 0 Å². The van der Waals surface area contributed by atoms with Crippen molar-refractivity contribution in [3.8, 4) is 0 Å². The van der Waals surface area contributed by atoms with E-state index in [9.17, 15) is 0 Å². The lowest BCUT2D eigenvalue weighted by molar-refractivity contribution is 0.0787. The van der Waals surface area contributed by atoms with Gasteiger partial charge in [-0.3, -0.25) is 0 Å². The summed E-state index contributed by atoms with van der Waals surface area (Å²) in [4.78, 5) is 2.52. The van der Waals surface area contributed by atoms with E-state index in [1.54, 1.807) is 5.57 Å². The number of allylic oxidation sites excluding steroid dienone is 1. The summed E-state index contributed by atoms with van der Waals surface area (Å²) in [5.74, 6) is 0. The van der Waals surface area contributed by atoms with Crippen molar-refractivity contribution in [2.45, 2.75) is 51.2 Å². The van der Waals surface area contributed by atoms with E-state index in [1.165, 1.54) is 25.7 Å². The largest absolute Gasteiger partial charge is 0.381 e. The van der Waals surface area contributed by atoms with Gasteiger partial charge in [0, 0.05) is 32.3 Å². The lowest BCUT2D eigenvalue weighted by Crippen LogP contribution is -2.55. The van der Waals surface area contributed by atoms with Gasteiger partial charge in [0.2, 0.25) is 0 Å². The summed E-state index contributed by atoms with van der Waals surface area (Å²) in [6.07, 6.45) is 7.70. The Bertz CT molecular complexity index is 276. The van der Waals surface area contributed by atoms with E-state index < -0.39 is 0 Å². The lowest BCUT2D eigenvalue weighted by Gasteiger charge is -2.43. The fourth-order valence-electron chi connectivity index (χ4n) is 2.78. The van der Waals surface area contributed by atoms with Gasteiger partial charge in [-0.15, -0.1) is 0 Å². The van der Waals surface area contributed by atoms with Gasteiger partial charge in [-0.25, -0.2) is 0 Å². The maximum atomic E-state index is 5.42. The summed E-state index contributed by atoms with van der Waals surface area (Å²) in [6, 6.07) is 0. The smallest absolute Gasteiger partial charge is 0.0577 e. The first-order chi connectivity index (χ1) is 8.12. The standard InChI is InChI=1S/C14H26N2O/c1-14(2)11-15-8-9-16(14)10-12-4-6-13(17-3)7-5-12/h10,13,15H,4-9,11H2,1-3H3. The van der Waals surface area contributed by atoms with Crippen LogP contribution in [-0.4, -0.2) is 43.3 Å². The van der Waals surface area contributed by atoms with Crippen LogP contribution in [0.1, 0.15) is 39.5 Å². The van der Waals surface area contributed by atoms with E-state index in [-0.39, 0.29) is 5.54 Å². The van der Waals surface area contributed by atoms with Crippen LogP contribution in [0.4, 0.5) is 0 Å². The summed E-state index contributed by atoms with van der Waals surface area (Å²) >= 11 is 0. The van der Waals surface area contributed by atoms with Gasteiger partial charge in [-0.05, 0) is 45.7 Å². The monoisotopic (exact) mass is 238 g/mol. The maximum Gasteiger partial charge on any atom is 0.0577 e. The highest BCUT2D eigenvalue weighted by molar-refractivity contribution is 5.08. The molecule has 1 N–H and O–H groups in total. The van der Waals surface area contributed by atoms with Crippen molar-refractivity contribution in [2.75, 3.05) is 26.7 Å². The van der Waals surface area contributed by atoms with Crippen LogP contribution in [0.15, 0.2) is 11.8 Å². The summed E-state index contributed by atoms with van der Waals surface area (Å²) < 4.78 is 5.42. The number of methoxy groups -OCH3 is 1. The van der Waals surface area contributed by atoms with E-state index in [0.717, 1.165) is 19.6 Å². The lowest BCUT2D eigenvalue weighted by atomic mass is 9.92. The first-order valence-electron chi connectivity index (χ1n) is 6.81. The zero-order valence-electron chi connectivity index (χ0n) is 11.5. The second kappa shape index (κ2) is 5.40. The number of nitrogens with one attached hydrogen (secondary N) is 1. The average Bonchev–Trinajstić information content (AvgIpc) is 2.33. The molecule has 0 unspecified atom stereocenters. The SMILES string of the molecule is COC1CCC(=CN2CCNCC2(C)C)CC1. The number of rotatable bonds is 2. The van der Waals surface area contributed by atoms with Gasteiger partial charge in [0.15, 0.2) is 0 Å². The predicted octanol–water partition coefficient (Wildman–Crippen LogP) is 2.14. The number of ether oxygens (including phenoxy) is 1. The third kappa shape index (κ3) is 3.23. The highest BCUT2D eigenvalue weighted by Gasteiger charge is 2.28. The second-order valence-corrected chi connectivity index (χ2v) is 5.91. The highest BCUT2D eigenvalue weighted by atomic mass is 16.5. The Labute approximate surface area is 105 Å². The summed E-state index contributed by atoms with van der Waals surface area (Å²) in [6.45, 7) is 7.95. The molecule has 0 atom stereocenters. The molecule has 17 heavy (non-hydrogen) atoms. The Hall–Kier alpha value is -0.540. The third-order valence-corrected chi connectivity index (χ3v) is 4.11. The van der Waals surface area contributed by atoms with Crippen molar-refractivity contribution in [2.24, 2.45) is 0 Å². The third-order valence-electron chi connectivity index (χ3n) is 4.11. The van der Waals surface area contributed by atoms with Crippen molar-refractivity contribution in [3.05, 3.63) is 11.8 Å². The van der Waals surface area contributed by atoms with Gasteiger partial charge in [-0.2, -0.15) is 0 Å². The van der Waals surface area contributed by atoms with E-state index >= 15 is 0 Å². The minimum atomic E-state index is 0.253. The molecule has 2 aliphatic rings. The molecular formula is C14H26N2O. The molecule has 2 fully saturated rings. The first-order valence-corrected chi connectivity index (χ1v) is 6.81. The number of hydrogen-bond acceptors (Lipinski definition) is 3. The molecule has 3 nitrogen and oxygen atoms in total.